The molecule has 0 fully saturated rings. The lowest BCUT2D eigenvalue weighted by atomic mass is 9.96. The summed E-state index contributed by atoms with van der Waals surface area (Å²) in [4.78, 5) is 12.1. The van der Waals surface area contributed by atoms with E-state index in [9.17, 15) is 18.7 Å². The zero-order chi connectivity index (χ0) is 17.4. The Morgan fingerprint density at radius 2 is 1.91 bits per heavy atom. The van der Waals surface area contributed by atoms with Crippen molar-refractivity contribution in [3.8, 4) is 0 Å². The van der Waals surface area contributed by atoms with Crippen molar-refractivity contribution in [3.63, 3.8) is 0 Å². The van der Waals surface area contributed by atoms with Gasteiger partial charge in [0.25, 0.3) is 5.91 Å². The predicted molar refractivity (Wildman–Crippen MR) is 81.5 cm³/mol. The normalized spacial score (nSPS) is 13.7. The Hall–Kier alpha value is -1.92. The number of furan rings is 1. The van der Waals surface area contributed by atoms with Crippen molar-refractivity contribution in [2.45, 2.75) is 26.4 Å². The summed E-state index contributed by atoms with van der Waals surface area (Å²) in [7, 11) is 0. The van der Waals surface area contributed by atoms with Crippen molar-refractivity contribution < 1.29 is 23.1 Å². The van der Waals surface area contributed by atoms with Crippen LogP contribution in [0.5, 0.6) is 0 Å². The lowest BCUT2D eigenvalue weighted by Gasteiger charge is -2.23. The molecule has 0 bridgehead atoms. The Labute approximate surface area is 137 Å². The molecule has 1 amide bonds. The van der Waals surface area contributed by atoms with E-state index >= 15 is 0 Å². The van der Waals surface area contributed by atoms with Gasteiger partial charge in [-0.15, -0.1) is 0 Å². The highest BCUT2D eigenvalue weighted by Gasteiger charge is 2.28. The summed E-state index contributed by atoms with van der Waals surface area (Å²) in [5.74, 6) is -1.86. The summed E-state index contributed by atoms with van der Waals surface area (Å²) < 4.78 is 31.6. The van der Waals surface area contributed by atoms with Crippen LogP contribution in [0.2, 0.25) is 5.02 Å². The van der Waals surface area contributed by atoms with Gasteiger partial charge >= 0.3 is 0 Å². The number of nitrogens with one attached hydrogen (secondary N) is 1. The lowest BCUT2D eigenvalue weighted by molar-refractivity contribution is 0.0514. The van der Waals surface area contributed by atoms with E-state index in [1.807, 2.05) is 0 Å². The molecule has 0 saturated carbocycles. The third kappa shape index (κ3) is 3.71. The molecule has 1 heterocycles. The SMILES string of the molecule is Cc1cc(C(C)(O)CNC(=O)c2cc(F)c(F)cc2Cl)c(C)o1. The van der Waals surface area contributed by atoms with E-state index in [2.05, 4.69) is 5.32 Å². The van der Waals surface area contributed by atoms with Crippen molar-refractivity contribution in [1.82, 2.24) is 5.32 Å². The van der Waals surface area contributed by atoms with Gasteiger partial charge in [-0.1, -0.05) is 11.6 Å². The molecule has 0 aliphatic heterocycles. The largest absolute Gasteiger partial charge is 0.466 e. The number of carbonyl (C=O) groups is 1. The molecule has 2 aromatic rings. The number of benzene rings is 1. The maximum atomic E-state index is 13.2. The minimum absolute atomic E-state index is 0.152. The zero-order valence-corrected chi connectivity index (χ0v) is 13.6. The van der Waals surface area contributed by atoms with Crippen LogP contribution in [0.3, 0.4) is 0 Å². The first kappa shape index (κ1) is 17.4. The minimum Gasteiger partial charge on any atom is -0.466 e. The van der Waals surface area contributed by atoms with Crippen LogP contribution in [0.15, 0.2) is 22.6 Å². The Kier molecular flexibility index (Phi) is 4.77. The topological polar surface area (TPSA) is 62.5 Å². The minimum atomic E-state index is -1.39. The molecule has 0 saturated heterocycles. The molecular formula is C16H16ClF2NO3. The average Bonchev–Trinajstić information content (AvgIpc) is 2.80. The number of halogens is 3. The van der Waals surface area contributed by atoms with Crippen molar-refractivity contribution >= 4 is 17.5 Å². The van der Waals surface area contributed by atoms with Gasteiger partial charge in [0.2, 0.25) is 0 Å². The lowest BCUT2D eigenvalue weighted by Crippen LogP contribution is -2.39. The van der Waals surface area contributed by atoms with Gasteiger partial charge in [0.05, 0.1) is 17.1 Å². The summed E-state index contributed by atoms with van der Waals surface area (Å²) in [5.41, 5.74) is -1.06. The molecule has 2 N–H and O–H groups in total. The van der Waals surface area contributed by atoms with Crippen LogP contribution in [0.25, 0.3) is 0 Å². The molecule has 1 aromatic carbocycles. The van der Waals surface area contributed by atoms with E-state index in [4.69, 9.17) is 16.0 Å². The van der Waals surface area contributed by atoms with Crippen LogP contribution in [-0.4, -0.2) is 17.6 Å². The highest BCUT2D eigenvalue weighted by Crippen LogP contribution is 2.27. The van der Waals surface area contributed by atoms with Gasteiger partial charge < -0.3 is 14.8 Å². The van der Waals surface area contributed by atoms with Gasteiger partial charge in [0.15, 0.2) is 11.6 Å². The van der Waals surface area contributed by atoms with Crippen molar-refractivity contribution in [1.29, 1.82) is 0 Å². The molecule has 1 unspecified atom stereocenters. The molecular weight excluding hydrogens is 328 g/mol. The zero-order valence-electron chi connectivity index (χ0n) is 12.8. The van der Waals surface area contributed by atoms with Crippen molar-refractivity contribution in [3.05, 3.63) is 57.5 Å². The van der Waals surface area contributed by atoms with Gasteiger partial charge in [-0.25, -0.2) is 8.78 Å². The second-order valence-corrected chi connectivity index (χ2v) is 5.94. The second-order valence-electron chi connectivity index (χ2n) is 5.53. The van der Waals surface area contributed by atoms with E-state index in [0.29, 0.717) is 17.1 Å². The molecule has 23 heavy (non-hydrogen) atoms. The standard InChI is InChI=1S/C16H16ClF2NO3/c1-8-4-11(9(2)23-8)16(3,22)7-20-15(21)10-5-13(18)14(19)6-12(10)17/h4-6,22H,7H2,1-3H3,(H,20,21). The summed E-state index contributed by atoms with van der Waals surface area (Å²) >= 11 is 5.75. The van der Waals surface area contributed by atoms with Crippen LogP contribution in [0, 0.1) is 25.5 Å². The van der Waals surface area contributed by atoms with E-state index in [1.165, 1.54) is 6.92 Å². The fraction of sp³-hybridized carbons (Fsp3) is 0.312. The fourth-order valence-electron chi connectivity index (χ4n) is 2.30. The Bertz CT molecular complexity index is 756. The summed E-state index contributed by atoms with van der Waals surface area (Å²) in [6.07, 6.45) is 0. The Balaban J connectivity index is 2.15. The number of amides is 1. The summed E-state index contributed by atoms with van der Waals surface area (Å²) in [6.45, 7) is 4.80. The fourth-order valence-corrected chi connectivity index (χ4v) is 2.54. The summed E-state index contributed by atoms with van der Waals surface area (Å²) in [5, 5.41) is 12.7. The molecule has 0 spiro atoms. The van der Waals surface area contributed by atoms with E-state index in [0.717, 1.165) is 12.1 Å². The van der Waals surface area contributed by atoms with E-state index in [1.54, 1.807) is 19.9 Å². The van der Waals surface area contributed by atoms with Gasteiger partial charge in [-0.3, -0.25) is 4.79 Å². The monoisotopic (exact) mass is 343 g/mol. The smallest absolute Gasteiger partial charge is 0.253 e. The molecule has 124 valence electrons. The molecule has 7 heteroatoms. The molecule has 0 radical (unpaired) electrons. The summed E-state index contributed by atoms with van der Waals surface area (Å²) in [6, 6.07) is 3.12. The van der Waals surface area contributed by atoms with Gasteiger partial charge in [0, 0.05) is 5.56 Å². The highest BCUT2D eigenvalue weighted by molar-refractivity contribution is 6.33. The third-order valence-corrected chi connectivity index (χ3v) is 3.78. The quantitative estimate of drug-likeness (QED) is 0.836. The molecule has 0 aliphatic carbocycles. The highest BCUT2D eigenvalue weighted by atomic mass is 35.5. The average molecular weight is 344 g/mol. The van der Waals surface area contributed by atoms with E-state index in [-0.39, 0.29) is 17.1 Å². The molecule has 4 nitrogen and oxygen atoms in total. The first-order chi connectivity index (χ1) is 10.6. The molecule has 0 aliphatic rings. The van der Waals surface area contributed by atoms with Crippen LogP contribution in [0.1, 0.15) is 34.4 Å². The third-order valence-electron chi connectivity index (χ3n) is 3.47. The van der Waals surface area contributed by atoms with Gasteiger partial charge in [-0.05, 0) is 39.0 Å². The number of aryl methyl sites for hydroxylation is 2. The number of hydrogen-bond donors (Lipinski definition) is 2. The number of aliphatic hydroxyl groups is 1. The first-order valence-electron chi connectivity index (χ1n) is 6.84. The molecule has 1 atom stereocenters. The maximum Gasteiger partial charge on any atom is 0.253 e. The molecule has 2 rings (SSSR count). The number of carbonyl (C=O) groups excluding carboxylic acids is 1. The van der Waals surface area contributed by atoms with Crippen molar-refractivity contribution in [2.24, 2.45) is 0 Å². The van der Waals surface area contributed by atoms with Gasteiger partial charge in [-0.2, -0.15) is 0 Å². The maximum absolute atomic E-state index is 13.2. The first-order valence-corrected chi connectivity index (χ1v) is 7.22. The molecule has 1 aromatic heterocycles. The van der Waals surface area contributed by atoms with Crippen molar-refractivity contribution in [2.75, 3.05) is 6.54 Å². The van der Waals surface area contributed by atoms with Crippen LogP contribution < -0.4 is 5.32 Å². The second kappa shape index (κ2) is 6.29. The van der Waals surface area contributed by atoms with E-state index < -0.39 is 23.1 Å². The van der Waals surface area contributed by atoms with Gasteiger partial charge in [0.1, 0.15) is 17.1 Å². The number of rotatable bonds is 4. The van der Waals surface area contributed by atoms with Crippen LogP contribution >= 0.6 is 11.6 Å². The Morgan fingerprint density at radius 1 is 1.30 bits per heavy atom. The van der Waals surface area contributed by atoms with Crippen LogP contribution in [-0.2, 0) is 5.60 Å². The van der Waals surface area contributed by atoms with Crippen LogP contribution in [0.4, 0.5) is 8.78 Å². The number of hydrogen-bond acceptors (Lipinski definition) is 3. The predicted octanol–water partition coefficient (Wildman–Crippen LogP) is 3.47. The Morgan fingerprint density at radius 3 is 2.48 bits per heavy atom.